The van der Waals surface area contributed by atoms with Crippen molar-refractivity contribution in [3.8, 4) is 5.75 Å². The van der Waals surface area contributed by atoms with Gasteiger partial charge >= 0.3 is 5.97 Å². The quantitative estimate of drug-likeness (QED) is 0.671. The topological polar surface area (TPSA) is 111 Å². The van der Waals surface area contributed by atoms with Crippen molar-refractivity contribution in [2.45, 2.75) is 17.6 Å². The van der Waals surface area contributed by atoms with Crippen LogP contribution in [0.25, 0.3) is 0 Å². The second-order valence-corrected chi connectivity index (χ2v) is 8.19. The molecule has 26 heavy (non-hydrogen) atoms. The summed E-state index contributed by atoms with van der Waals surface area (Å²) in [6, 6.07) is 6.41. The molecule has 0 atom stereocenters. The Hall–Kier alpha value is -1.84. The molecule has 0 radical (unpaired) electrons. The van der Waals surface area contributed by atoms with Crippen LogP contribution >= 0.6 is 12.4 Å². The summed E-state index contributed by atoms with van der Waals surface area (Å²) in [6.45, 7) is 0.665. The maximum Gasteiger partial charge on any atom is 0.343 e. The summed E-state index contributed by atoms with van der Waals surface area (Å²) in [6.07, 6.45) is 1.53. The average molecular weight is 407 g/mol. The summed E-state index contributed by atoms with van der Waals surface area (Å²) in [4.78, 5) is 23.8. The molecule has 2 rings (SSSR count). The lowest BCUT2D eigenvalue weighted by Crippen LogP contribution is -2.55. The number of nitrogens with one attached hydrogen (secondary N) is 2. The number of amides is 1. The highest BCUT2D eigenvalue weighted by Crippen LogP contribution is 2.30. The fourth-order valence-electron chi connectivity index (χ4n) is 2.71. The Kier molecular flexibility index (Phi) is 7.86. The molecule has 1 aliphatic heterocycles. The van der Waals surface area contributed by atoms with E-state index in [0.717, 1.165) is 6.26 Å². The van der Waals surface area contributed by atoms with E-state index in [-0.39, 0.29) is 31.9 Å². The van der Waals surface area contributed by atoms with Crippen LogP contribution in [0.1, 0.15) is 12.8 Å². The molecule has 0 aliphatic carbocycles. The van der Waals surface area contributed by atoms with Crippen LogP contribution < -0.4 is 15.4 Å². The Bertz CT molecular complexity index is 747. The van der Waals surface area contributed by atoms with Gasteiger partial charge in [0.15, 0.2) is 21.2 Å². The first-order valence-electron chi connectivity index (χ1n) is 7.80. The summed E-state index contributed by atoms with van der Waals surface area (Å²) in [5, 5.41) is 5.72. The first kappa shape index (κ1) is 22.2. The lowest BCUT2D eigenvalue weighted by molar-refractivity contribution is -0.142. The van der Waals surface area contributed by atoms with Crippen molar-refractivity contribution in [2.24, 2.45) is 0 Å². The van der Waals surface area contributed by atoms with Crippen LogP contribution in [-0.2, 0) is 24.2 Å². The molecular formula is C16H23ClN2O6S. The number of benzene rings is 1. The van der Waals surface area contributed by atoms with Gasteiger partial charge in [0.1, 0.15) is 5.75 Å². The van der Waals surface area contributed by atoms with Crippen LogP contribution in [0.2, 0.25) is 0 Å². The number of rotatable bonds is 6. The molecule has 0 aromatic heterocycles. The molecule has 2 N–H and O–H groups in total. The molecule has 1 fully saturated rings. The molecular weight excluding hydrogens is 384 g/mol. The van der Waals surface area contributed by atoms with E-state index in [9.17, 15) is 18.0 Å². The SMILES string of the molecule is COC(=O)COc1cccc(NC(=O)C2(S(C)(=O)=O)CCNCC2)c1.Cl. The third-order valence-electron chi connectivity index (χ3n) is 4.21. The van der Waals surface area contributed by atoms with Crippen LogP contribution in [0.15, 0.2) is 24.3 Å². The van der Waals surface area contributed by atoms with Crippen molar-refractivity contribution >= 4 is 39.8 Å². The molecule has 10 heteroatoms. The zero-order chi connectivity index (χ0) is 18.5. The number of carbonyl (C=O) groups is 2. The number of ether oxygens (including phenoxy) is 2. The van der Waals surface area contributed by atoms with E-state index < -0.39 is 26.5 Å². The molecule has 0 unspecified atom stereocenters. The lowest BCUT2D eigenvalue weighted by atomic mass is 9.95. The van der Waals surface area contributed by atoms with Crippen molar-refractivity contribution in [1.29, 1.82) is 0 Å². The second kappa shape index (κ2) is 9.20. The number of hydrogen-bond acceptors (Lipinski definition) is 7. The van der Waals surface area contributed by atoms with Crippen molar-refractivity contribution in [3.05, 3.63) is 24.3 Å². The predicted octanol–water partition coefficient (Wildman–Crippen LogP) is 0.765. The van der Waals surface area contributed by atoms with Crippen molar-refractivity contribution in [1.82, 2.24) is 5.32 Å². The first-order valence-corrected chi connectivity index (χ1v) is 9.69. The van der Waals surface area contributed by atoms with Gasteiger partial charge in [-0.25, -0.2) is 13.2 Å². The van der Waals surface area contributed by atoms with Crippen LogP contribution in [-0.4, -0.2) is 58.1 Å². The Labute approximate surface area is 159 Å². The van der Waals surface area contributed by atoms with Crippen molar-refractivity contribution in [3.63, 3.8) is 0 Å². The Morgan fingerprint density at radius 2 is 1.92 bits per heavy atom. The lowest BCUT2D eigenvalue weighted by Gasteiger charge is -2.34. The Morgan fingerprint density at radius 1 is 1.27 bits per heavy atom. The molecule has 8 nitrogen and oxygen atoms in total. The van der Waals surface area contributed by atoms with E-state index >= 15 is 0 Å². The van der Waals surface area contributed by atoms with E-state index in [4.69, 9.17) is 4.74 Å². The average Bonchev–Trinajstić information content (AvgIpc) is 2.59. The molecule has 1 amide bonds. The molecule has 1 aliphatic rings. The van der Waals surface area contributed by atoms with Gasteiger partial charge in [0.05, 0.1) is 7.11 Å². The van der Waals surface area contributed by atoms with Gasteiger partial charge in [0.25, 0.3) is 0 Å². The summed E-state index contributed by atoms with van der Waals surface area (Å²) in [7, 11) is -2.33. The van der Waals surface area contributed by atoms with Crippen molar-refractivity contribution in [2.75, 3.05) is 38.4 Å². The third kappa shape index (κ3) is 5.09. The van der Waals surface area contributed by atoms with Crippen LogP contribution in [0.4, 0.5) is 5.69 Å². The van der Waals surface area contributed by atoms with Gasteiger partial charge in [-0.1, -0.05) is 6.07 Å². The zero-order valence-corrected chi connectivity index (χ0v) is 16.2. The van der Waals surface area contributed by atoms with Gasteiger partial charge in [0.2, 0.25) is 5.91 Å². The monoisotopic (exact) mass is 406 g/mol. The summed E-state index contributed by atoms with van der Waals surface area (Å²) in [5.74, 6) is -0.719. The molecule has 0 saturated carbocycles. The highest BCUT2D eigenvalue weighted by atomic mass is 35.5. The minimum absolute atomic E-state index is 0. The zero-order valence-electron chi connectivity index (χ0n) is 14.6. The van der Waals surface area contributed by atoms with E-state index in [2.05, 4.69) is 15.4 Å². The second-order valence-electron chi connectivity index (χ2n) is 5.86. The van der Waals surface area contributed by atoms with E-state index in [0.29, 0.717) is 24.5 Å². The minimum Gasteiger partial charge on any atom is -0.482 e. The highest BCUT2D eigenvalue weighted by molar-refractivity contribution is 7.92. The van der Waals surface area contributed by atoms with Gasteiger partial charge in [0, 0.05) is 18.0 Å². The molecule has 0 bridgehead atoms. The minimum atomic E-state index is -3.59. The predicted molar refractivity (Wildman–Crippen MR) is 99.5 cm³/mol. The fraction of sp³-hybridized carbons (Fsp3) is 0.500. The fourth-order valence-corrected chi connectivity index (χ4v) is 4.04. The van der Waals surface area contributed by atoms with Crippen molar-refractivity contribution < 1.29 is 27.5 Å². The van der Waals surface area contributed by atoms with Crippen LogP contribution in [0, 0.1) is 0 Å². The van der Waals surface area contributed by atoms with Gasteiger partial charge in [-0.15, -0.1) is 12.4 Å². The molecule has 1 aromatic carbocycles. The summed E-state index contributed by atoms with van der Waals surface area (Å²) in [5.41, 5.74) is 0.397. The van der Waals surface area contributed by atoms with Crippen LogP contribution in [0.5, 0.6) is 5.75 Å². The number of piperidine rings is 1. The van der Waals surface area contributed by atoms with Gasteiger partial charge < -0.3 is 20.1 Å². The third-order valence-corrected chi connectivity index (χ3v) is 6.22. The first-order chi connectivity index (χ1) is 11.8. The number of methoxy groups -OCH3 is 1. The summed E-state index contributed by atoms with van der Waals surface area (Å²) < 4.78 is 32.8. The van der Waals surface area contributed by atoms with E-state index in [1.807, 2.05) is 0 Å². The normalized spacial score (nSPS) is 16.1. The van der Waals surface area contributed by atoms with E-state index in [1.54, 1.807) is 18.2 Å². The summed E-state index contributed by atoms with van der Waals surface area (Å²) >= 11 is 0. The number of halogens is 1. The maximum atomic E-state index is 12.7. The Morgan fingerprint density at radius 3 is 2.50 bits per heavy atom. The largest absolute Gasteiger partial charge is 0.482 e. The van der Waals surface area contributed by atoms with Gasteiger partial charge in [-0.2, -0.15) is 0 Å². The van der Waals surface area contributed by atoms with Crippen LogP contribution in [0.3, 0.4) is 0 Å². The smallest absolute Gasteiger partial charge is 0.343 e. The number of carbonyl (C=O) groups excluding carboxylic acids is 2. The standard InChI is InChI=1S/C16H22N2O6S.ClH/c1-23-14(19)11-24-13-5-3-4-12(10-13)18-15(20)16(25(2,21)22)6-8-17-9-7-16;/h3-5,10,17H,6-9,11H2,1-2H3,(H,18,20);1H. The molecule has 1 aromatic rings. The highest BCUT2D eigenvalue weighted by Gasteiger charge is 2.48. The molecule has 1 saturated heterocycles. The van der Waals surface area contributed by atoms with E-state index in [1.165, 1.54) is 13.2 Å². The molecule has 0 spiro atoms. The Balaban J connectivity index is 0.00000338. The number of anilines is 1. The van der Waals surface area contributed by atoms with Gasteiger partial charge in [-0.05, 0) is 38.1 Å². The molecule has 146 valence electrons. The molecule has 1 heterocycles. The number of hydrogen-bond donors (Lipinski definition) is 2. The number of esters is 1. The maximum absolute atomic E-state index is 12.7. The number of sulfone groups is 1. The van der Waals surface area contributed by atoms with Gasteiger partial charge in [-0.3, -0.25) is 4.79 Å².